The number of benzene rings is 1. The minimum absolute atomic E-state index is 0.286. The summed E-state index contributed by atoms with van der Waals surface area (Å²) in [6.45, 7) is 0. The van der Waals surface area contributed by atoms with E-state index in [0.29, 0.717) is 11.4 Å². The normalized spacial score (nSPS) is 9.33. The molecule has 0 saturated carbocycles. The van der Waals surface area contributed by atoms with Crippen LogP contribution >= 0.6 is 0 Å². The van der Waals surface area contributed by atoms with Crippen LogP contribution in [-0.4, -0.2) is 10.9 Å². The standard InChI is InChI=1S/C12H9N5O/c13-17-16-10-6-2-1-5-9(10)12(18)15-11-7-3-4-8-14-11/h1-8H,(H,14,15,18). The topological polar surface area (TPSA) is 90.8 Å². The van der Waals surface area contributed by atoms with E-state index < -0.39 is 0 Å². The molecule has 18 heavy (non-hydrogen) atoms. The molecule has 0 spiro atoms. The Morgan fingerprint density at radius 2 is 2.00 bits per heavy atom. The number of nitrogens with zero attached hydrogens (tertiary/aromatic N) is 4. The average Bonchev–Trinajstić information content (AvgIpc) is 2.41. The van der Waals surface area contributed by atoms with Gasteiger partial charge >= 0.3 is 0 Å². The van der Waals surface area contributed by atoms with E-state index in [0.717, 1.165) is 0 Å². The fraction of sp³-hybridized carbons (Fsp3) is 0. The van der Waals surface area contributed by atoms with Gasteiger partial charge in [0.05, 0.1) is 5.69 Å². The summed E-state index contributed by atoms with van der Waals surface area (Å²) >= 11 is 0. The van der Waals surface area contributed by atoms with Crippen LogP contribution in [0.25, 0.3) is 10.4 Å². The molecule has 0 aliphatic heterocycles. The predicted molar refractivity (Wildman–Crippen MR) is 67.4 cm³/mol. The van der Waals surface area contributed by atoms with Crippen molar-refractivity contribution in [2.45, 2.75) is 0 Å². The lowest BCUT2D eigenvalue weighted by atomic mass is 10.1. The van der Waals surface area contributed by atoms with Gasteiger partial charge in [0.15, 0.2) is 0 Å². The van der Waals surface area contributed by atoms with Crippen LogP contribution in [0.1, 0.15) is 10.4 Å². The first-order valence-electron chi connectivity index (χ1n) is 5.18. The maximum atomic E-state index is 12.0. The van der Waals surface area contributed by atoms with E-state index in [4.69, 9.17) is 5.53 Å². The number of rotatable bonds is 3. The molecule has 88 valence electrons. The number of pyridine rings is 1. The third kappa shape index (κ3) is 2.63. The summed E-state index contributed by atoms with van der Waals surface area (Å²) in [6, 6.07) is 11.8. The number of carbonyl (C=O) groups excluding carboxylic acids is 1. The maximum absolute atomic E-state index is 12.0. The molecule has 0 fully saturated rings. The Kier molecular flexibility index (Phi) is 3.53. The quantitative estimate of drug-likeness (QED) is 0.505. The Labute approximate surface area is 103 Å². The lowest BCUT2D eigenvalue weighted by Crippen LogP contribution is -2.12. The molecular weight excluding hydrogens is 230 g/mol. The molecular formula is C12H9N5O. The van der Waals surface area contributed by atoms with E-state index in [-0.39, 0.29) is 11.6 Å². The molecule has 0 radical (unpaired) electrons. The summed E-state index contributed by atoms with van der Waals surface area (Å²) in [5.41, 5.74) is 9.02. The van der Waals surface area contributed by atoms with Gasteiger partial charge in [0.1, 0.15) is 5.82 Å². The van der Waals surface area contributed by atoms with Gasteiger partial charge in [0, 0.05) is 16.7 Å². The third-order valence-corrected chi connectivity index (χ3v) is 2.21. The Bertz CT molecular complexity index is 605. The van der Waals surface area contributed by atoms with Crippen LogP contribution in [-0.2, 0) is 0 Å². The Morgan fingerprint density at radius 3 is 2.72 bits per heavy atom. The molecule has 2 rings (SSSR count). The van der Waals surface area contributed by atoms with Crippen molar-refractivity contribution in [3.8, 4) is 0 Å². The first-order valence-corrected chi connectivity index (χ1v) is 5.18. The first kappa shape index (κ1) is 11.6. The monoisotopic (exact) mass is 239 g/mol. The van der Waals surface area contributed by atoms with Crippen molar-refractivity contribution in [3.63, 3.8) is 0 Å². The maximum Gasteiger partial charge on any atom is 0.257 e. The highest BCUT2D eigenvalue weighted by Crippen LogP contribution is 2.19. The number of anilines is 1. The lowest BCUT2D eigenvalue weighted by molar-refractivity contribution is 0.102. The average molecular weight is 239 g/mol. The van der Waals surface area contributed by atoms with Gasteiger partial charge in [0.25, 0.3) is 5.91 Å². The molecule has 1 amide bonds. The highest BCUT2D eigenvalue weighted by atomic mass is 16.1. The predicted octanol–water partition coefficient (Wildman–Crippen LogP) is 3.28. The Hall–Kier alpha value is -2.85. The minimum atomic E-state index is -0.364. The van der Waals surface area contributed by atoms with Crippen molar-refractivity contribution in [2.24, 2.45) is 5.11 Å². The molecule has 0 saturated heterocycles. The molecule has 6 nitrogen and oxygen atoms in total. The van der Waals surface area contributed by atoms with E-state index in [2.05, 4.69) is 20.3 Å². The second-order valence-electron chi connectivity index (χ2n) is 3.38. The number of azide groups is 1. The smallest absolute Gasteiger partial charge is 0.257 e. The van der Waals surface area contributed by atoms with Crippen LogP contribution in [0, 0.1) is 0 Å². The number of hydrogen-bond donors (Lipinski definition) is 1. The van der Waals surface area contributed by atoms with Gasteiger partial charge < -0.3 is 5.32 Å². The number of carbonyl (C=O) groups is 1. The van der Waals surface area contributed by atoms with Crippen molar-refractivity contribution in [1.82, 2.24) is 4.98 Å². The molecule has 1 aromatic carbocycles. The largest absolute Gasteiger partial charge is 0.307 e. The van der Waals surface area contributed by atoms with Crippen LogP contribution in [0.5, 0.6) is 0 Å². The van der Waals surface area contributed by atoms with E-state index >= 15 is 0 Å². The molecule has 0 unspecified atom stereocenters. The van der Waals surface area contributed by atoms with Crippen molar-refractivity contribution in [1.29, 1.82) is 0 Å². The van der Waals surface area contributed by atoms with Gasteiger partial charge in [-0.3, -0.25) is 4.79 Å². The zero-order chi connectivity index (χ0) is 12.8. The summed E-state index contributed by atoms with van der Waals surface area (Å²) < 4.78 is 0. The summed E-state index contributed by atoms with van der Waals surface area (Å²) in [5.74, 6) is 0.0786. The van der Waals surface area contributed by atoms with Crippen molar-refractivity contribution in [2.75, 3.05) is 5.32 Å². The van der Waals surface area contributed by atoms with Gasteiger partial charge in [0.2, 0.25) is 0 Å². The fourth-order valence-corrected chi connectivity index (χ4v) is 1.42. The Balaban J connectivity index is 2.27. The number of aromatic nitrogens is 1. The second-order valence-corrected chi connectivity index (χ2v) is 3.38. The highest BCUT2D eigenvalue weighted by Gasteiger charge is 2.10. The summed E-state index contributed by atoms with van der Waals surface area (Å²) in [4.78, 5) is 18.6. The third-order valence-electron chi connectivity index (χ3n) is 2.21. The SMILES string of the molecule is [N-]=[N+]=Nc1ccccc1C(=O)Nc1ccccn1. The van der Waals surface area contributed by atoms with Crippen LogP contribution in [0.15, 0.2) is 53.8 Å². The van der Waals surface area contributed by atoms with Crippen LogP contribution < -0.4 is 5.32 Å². The molecule has 1 aromatic heterocycles. The van der Waals surface area contributed by atoms with E-state index in [1.165, 1.54) is 0 Å². The second kappa shape index (κ2) is 5.47. The molecule has 6 heteroatoms. The zero-order valence-corrected chi connectivity index (χ0v) is 9.32. The molecule has 0 aliphatic rings. The first-order chi connectivity index (χ1) is 8.81. The van der Waals surface area contributed by atoms with Gasteiger partial charge in [-0.05, 0) is 23.7 Å². The number of nitrogens with one attached hydrogen (secondary N) is 1. The minimum Gasteiger partial charge on any atom is -0.307 e. The van der Waals surface area contributed by atoms with Gasteiger partial charge in [-0.15, -0.1) is 0 Å². The summed E-state index contributed by atoms with van der Waals surface area (Å²) in [5, 5.41) is 6.09. The zero-order valence-electron chi connectivity index (χ0n) is 9.32. The van der Waals surface area contributed by atoms with E-state index in [1.807, 2.05) is 0 Å². The van der Waals surface area contributed by atoms with E-state index in [1.54, 1.807) is 48.7 Å². The van der Waals surface area contributed by atoms with Crippen LogP contribution in [0.2, 0.25) is 0 Å². The number of amides is 1. The van der Waals surface area contributed by atoms with Gasteiger partial charge in [-0.25, -0.2) is 4.98 Å². The summed E-state index contributed by atoms with van der Waals surface area (Å²) in [7, 11) is 0. The fourth-order valence-electron chi connectivity index (χ4n) is 1.42. The molecule has 0 bridgehead atoms. The van der Waals surface area contributed by atoms with Crippen molar-refractivity contribution >= 4 is 17.4 Å². The molecule has 2 aromatic rings. The van der Waals surface area contributed by atoms with Crippen LogP contribution in [0.3, 0.4) is 0 Å². The van der Waals surface area contributed by atoms with E-state index in [9.17, 15) is 4.79 Å². The number of hydrogen-bond acceptors (Lipinski definition) is 3. The Morgan fingerprint density at radius 1 is 1.22 bits per heavy atom. The van der Waals surface area contributed by atoms with Crippen molar-refractivity contribution in [3.05, 3.63) is 64.7 Å². The molecule has 0 aliphatic carbocycles. The summed E-state index contributed by atoms with van der Waals surface area (Å²) in [6.07, 6.45) is 1.58. The molecule has 1 heterocycles. The molecule has 1 N–H and O–H groups in total. The molecule has 0 atom stereocenters. The van der Waals surface area contributed by atoms with Gasteiger partial charge in [-0.1, -0.05) is 29.4 Å². The van der Waals surface area contributed by atoms with Gasteiger partial charge in [-0.2, -0.15) is 0 Å². The highest BCUT2D eigenvalue weighted by molar-refractivity contribution is 6.07. The van der Waals surface area contributed by atoms with Crippen LogP contribution in [0.4, 0.5) is 11.5 Å². The van der Waals surface area contributed by atoms with Crippen molar-refractivity contribution < 1.29 is 4.79 Å². The lowest BCUT2D eigenvalue weighted by Gasteiger charge is -2.05.